The van der Waals surface area contributed by atoms with Crippen LogP contribution in [0.2, 0.25) is 0 Å². The maximum Gasteiger partial charge on any atom is 0.184 e. The number of ketones is 1. The molecule has 0 bridgehead atoms. The van der Waals surface area contributed by atoms with E-state index in [1.807, 2.05) is 4.90 Å². The summed E-state index contributed by atoms with van der Waals surface area (Å²) in [5, 5.41) is 0.840. The van der Waals surface area contributed by atoms with Crippen LogP contribution in [0.3, 0.4) is 0 Å². The third kappa shape index (κ3) is 3.32. The fourth-order valence-electron chi connectivity index (χ4n) is 1.67. The summed E-state index contributed by atoms with van der Waals surface area (Å²) in [5.74, 6) is 0.808. The Labute approximate surface area is 116 Å². The van der Waals surface area contributed by atoms with Gasteiger partial charge < -0.3 is 4.90 Å². The Kier molecular flexibility index (Phi) is 4.52. The van der Waals surface area contributed by atoms with Gasteiger partial charge in [0.15, 0.2) is 11.0 Å². The average Bonchev–Trinajstić information content (AvgIpc) is 2.79. The van der Waals surface area contributed by atoms with Crippen molar-refractivity contribution in [3.63, 3.8) is 0 Å². The van der Waals surface area contributed by atoms with E-state index in [2.05, 4.69) is 23.1 Å². The van der Waals surface area contributed by atoms with Gasteiger partial charge in [0.2, 0.25) is 0 Å². The van der Waals surface area contributed by atoms with E-state index in [9.17, 15) is 4.79 Å². The Balaban J connectivity index is 2.04. The Hall–Kier alpha value is -1.88. The predicted octanol–water partition coefficient (Wildman–Crippen LogP) is 2.37. The third-order valence-electron chi connectivity index (χ3n) is 2.65. The van der Waals surface area contributed by atoms with Gasteiger partial charge in [0.1, 0.15) is 6.54 Å². The first-order valence-corrected chi connectivity index (χ1v) is 6.87. The van der Waals surface area contributed by atoms with E-state index < -0.39 is 0 Å². The number of nitrogens with zero attached hydrogens (tertiary/aromatic N) is 3. The molecule has 1 saturated heterocycles. The van der Waals surface area contributed by atoms with Crippen LogP contribution in [0.15, 0.2) is 54.4 Å². The van der Waals surface area contributed by atoms with E-state index in [1.54, 1.807) is 42.4 Å². The molecule has 19 heavy (non-hydrogen) atoms. The summed E-state index contributed by atoms with van der Waals surface area (Å²) >= 11 is 1.60. The van der Waals surface area contributed by atoms with Gasteiger partial charge in [0.25, 0.3) is 0 Å². The SMILES string of the molecule is C=CCN1C(=C)CSC1=NCC(=O)c1ccncc1. The first-order chi connectivity index (χ1) is 9.22. The minimum absolute atomic E-state index is 0.00781. The van der Waals surface area contributed by atoms with Crippen LogP contribution < -0.4 is 0 Å². The van der Waals surface area contributed by atoms with Crippen molar-refractivity contribution >= 4 is 22.7 Å². The van der Waals surface area contributed by atoms with Crippen molar-refractivity contribution in [1.29, 1.82) is 0 Å². The Morgan fingerprint density at radius 1 is 1.53 bits per heavy atom. The topological polar surface area (TPSA) is 45.6 Å². The van der Waals surface area contributed by atoms with Crippen LogP contribution >= 0.6 is 11.8 Å². The lowest BCUT2D eigenvalue weighted by molar-refractivity contribution is 0.100. The van der Waals surface area contributed by atoms with Gasteiger partial charge in [0.05, 0.1) is 0 Å². The van der Waals surface area contributed by atoms with Crippen LogP contribution in [0.1, 0.15) is 10.4 Å². The van der Waals surface area contributed by atoms with Gasteiger partial charge in [-0.3, -0.25) is 14.8 Å². The molecule has 5 heteroatoms. The Morgan fingerprint density at radius 2 is 2.26 bits per heavy atom. The fourth-order valence-corrected chi connectivity index (χ4v) is 2.64. The van der Waals surface area contributed by atoms with E-state index in [-0.39, 0.29) is 12.3 Å². The van der Waals surface area contributed by atoms with Gasteiger partial charge in [-0.1, -0.05) is 24.4 Å². The molecule has 2 heterocycles. The highest BCUT2D eigenvalue weighted by molar-refractivity contribution is 8.14. The molecule has 0 N–H and O–H groups in total. The normalized spacial score (nSPS) is 16.9. The smallest absolute Gasteiger partial charge is 0.184 e. The molecule has 0 amide bonds. The maximum atomic E-state index is 11.9. The van der Waals surface area contributed by atoms with Crippen molar-refractivity contribution in [2.75, 3.05) is 18.8 Å². The minimum Gasteiger partial charge on any atom is -0.321 e. The van der Waals surface area contributed by atoms with Crippen molar-refractivity contribution < 1.29 is 4.79 Å². The van der Waals surface area contributed by atoms with Crippen LogP contribution in [-0.4, -0.2) is 39.7 Å². The molecule has 1 aromatic heterocycles. The summed E-state index contributed by atoms with van der Waals surface area (Å²) in [6.07, 6.45) is 5.02. The number of hydrogen-bond donors (Lipinski definition) is 0. The summed E-state index contributed by atoms with van der Waals surface area (Å²) in [4.78, 5) is 22.2. The number of Topliss-reactive ketones (excluding diaryl/α,β-unsaturated/α-hetero) is 1. The lowest BCUT2D eigenvalue weighted by Gasteiger charge is -2.16. The quantitative estimate of drug-likeness (QED) is 0.610. The van der Waals surface area contributed by atoms with Crippen LogP contribution in [0, 0.1) is 0 Å². The molecule has 0 unspecified atom stereocenters. The van der Waals surface area contributed by atoms with Crippen LogP contribution in [0.25, 0.3) is 0 Å². The summed E-state index contributed by atoms with van der Waals surface area (Å²) in [7, 11) is 0. The molecular formula is C14H15N3OS. The molecule has 0 atom stereocenters. The Bertz CT molecular complexity index is 525. The molecule has 0 saturated carbocycles. The molecular weight excluding hydrogens is 258 g/mol. The summed E-state index contributed by atoms with van der Waals surface area (Å²) in [6.45, 7) is 8.51. The molecule has 98 valence electrons. The molecule has 0 spiro atoms. The molecule has 1 aliphatic rings. The van der Waals surface area contributed by atoms with E-state index in [0.29, 0.717) is 12.1 Å². The van der Waals surface area contributed by atoms with Crippen molar-refractivity contribution in [2.45, 2.75) is 0 Å². The second-order valence-electron chi connectivity index (χ2n) is 4.01. The number of carbonyl (C=O) groups excluding carboxylic acids is 1. The number of aliphatic imine (C=N–C) groups is 1. The Morgan fingerprint density at radius 3 is 2.95 bits per heavy atom. The van der Waals surface area contributed by atoms with E-state index in [0.717, 1.165) is 16.6 Å². The molecule has 1 fully saturated rings. The van der Waals surface area contributed by atoms with Gasteiger partial charge >= 0.3 is 0 Å². The zero-order valence-electron chi connectivity index (χ0n) is 10.6. The summed E-state index contributed by atoms with van der Waals surface area (Å²) in [6, 6.07) is 3.40. The van der Waals surface area contributed by atoms with Crippen LogP contribution in [0.5, 0.6) is 0 Å². The van der Waals surface area contributed by atoms with Gasteiger partial charge in [-0.15, -0.1) is 6.58 Å². The molecule has 0 aromatic carbocycles. The maximum absolute atomic E-state index is 11.9. The number of thioether (sulfide) groups is 1. The summed E-state index contributed by atoms with van der Waals surface area (Å²) in [5.41, 5.74) is 1.64. The number of aromatic nitrogens is 1. The van der Waals surface area contributed by atoms with Crippen molar-refractivity contribution in [3.8, 4) is 0 Å². The largest absolute Gasteiger partial charge is 0.321 e. The number of rotatable bonds is 5. The van der Waals surface area contributed by atoms with E-state index in [1.165, 1.54) is 0 Å². The lowest BCUT2D eigenvalue weighted by Crippen LogP contribution is -2.23. The number of pyridine rings is 1. The summed E-state index contributed by atoms with van der Waals surface area (Å²) < 4.78 is 0. The van der Waals surface area contributed by atoms with Crippen LogP contribution in [0.4, 0.5) is 0 Å². The van der Waals surface area contributed by atoms with Gasteiger partial charge in [-0.25, -0.2) is 0 Å². The average molecular weight is 273 g/mol. The number of hydrogen-bond acceptors (Lipinski definition) is 4. The standard InChI is InChI=1S/C14H15N3OS/c1-3-8-17-11(2)10-19-14(17)16-9-13(18)12-4-6-15-7-5-12/h3-7H,1-2,8-10H2. The number of carbonyl (C=O) groups is 1. The number of amidine groups is 1. The lowest BCUT2D eigenvalue weighted by atomic mass is 10.2. The first kappa shape index (κ1) is 13.5. The van der Waals surface area contributed by atoms with Gasteiger partial charge in [-0.2, -0.15) is 0 Å². The fraction of sp³-hybridized carbons (Fsp3) is 0.214. The van der Waals surface area contributed by atoms with Crippen LogP contribution in [-0.2, 0) is 0 Å². The highest BCUT2D eigenvalue weighted by Gasteiger charge is 2.22. The molecule has 2 rings (SSSR count). The molecule has 0 aliphatic carbocycles. The van der Waals surface area contributed by atoms with Crippen molar-refractivity contribution in [1.82, 2.24) is 9.88 Å². The molecule has 1 aliphatic heterocycles. The monoisotopic (exact) mass is 273 g/mol. The van der Waals surface area contributed by atoms with E-state index in [4.69, 9.17) is 0 Å². The zero-order chi connectivity index (χ0) is 13.7. The minimum atomic E-state index is -0.00781. The van der Waals surface area contributed by atoms with Gasteiger partial charge in [0, 0.05) is 36.0 Å². The molecule has 0 radical (unpaired) electrons. The second-order valence-corrected chi connectivity index (χ2v) is 4.95. The molecule has 1 aromatic rings. The van der Waals surface area contributed by atoms with Crippen molar-refractivity contribution in [2.24, 2.45) is 4.99 Å². The highest BCUT2D eigenvalue weighted by atomic mass is 32.2. The highest BCUT2D eigenvalue weighted by Crippen LogP contribution is 2.25. The molecule has 4 nitrogen and oxygen atoms in total. The van der Waals surface area contributed by atoms with Gasteiger partial charge in [-0.05, 0) is 12.1 Å². The first-order valence-electron chi connectivity index (χ1n) is 5.89. The zero-order valence-corrected chi connectivity index (χ0v) is 11.4. The van der Waals surface area contributed by atoms with E-state index >= 15 is 0 Å². The predicted molar refractivity (Wildman–Crippen MR) is 79.4 cm³/mol. The second kappa shape index (κ2) is 6.33. The van der Waals surface area contributed by atoms with Crippen molar-refractivity contribution in [3.05, 3.63) is 55.0 Å². The third-order valence-corrected chi connectivity index (χ3v) is 3.74.